The standard InChI is InChI=1S/C15H24N2O/c1-3-12(2)15-10-16-8-9-17(15)11-13-4-6-14(18)7-5-13/h4-7,12,15-16,18H,3,8-11H2,1-2H3. The molecule has 1 fully saturated rings. The lowest BCUT2D eigenvalue weighted by Gasteiger charge is -2.39. The van der Waals surface area contributed by atoms with Gasteiger partial charge in [-0.1, -0.05) is 32.4 Å². The summed E-state index contributed by atoms with van der Waals surface area (Å²) in [5.41, 5.74) is 1.28. The maximum atomic E-state index is 9.32. The number of phenolic OH excluding ortho intramolecular Hbond substituents is 1. The first-order valence-electron chi connectivity index (χ1n) is 6.93. The molecule has 1 aromatic rings. The molecule has 3 heteroatoms. The van der Waals surface area contributed by atoms with Crippen molar-refractivity contribution in [3.8, 4) is 5.75 Å². The number of piperazine rings is 1. The Kier molecular flexibility index (Phi) is 4.61. The molecule has 1 aliphatic rings. The number of nitrogens with zero attached hydrogens (tertiary/aromatic N) is 1. The first kappa shape index (κ1) is 13.4. The van der Waals surface area contributed by atoms with Gasteiger partial charge in [-0.2, -0.15) is 0 Å². The molecule has 0 radical (unpaired) electrons. The van der Waals surface area contributed by atoms with Crippen molar-refractivity contribution in [3.05, 3.63) is 29.8 Å². The van der Waals surface area contributed by atoms with E-state index < -0.39 is 0 Å². The van der Waals surface area contributed by atoms with Gasteiger partial charge in [-0.15, -0.1) is 0 Å². The molecule has 0 aromatic heterocycles. The average Bonchev–Trinajstić information content (AvgIpc) is 2.41. The number of benzene rings is 1. The molecule has 1 saturated heterocycles. The normalized spacial score (nSPS) is 22.9. The van der Waals surface area contributed by atoms with Crippen LogP contribution in [0.5, 0.6) is 5.75 Å². The van der Waals surface area contributed by atoms with Crippen molar-refractivity contribution >= 4 is 0 Å². The Balaban J connectivity index is 2.03. The Morgan fingerprint density at radius 1 is 1.39 bits per heavy atom. The van der Waals surface area contributed by atoms with Crippen LogP contribution in [0.15, 0.2) is 24.3 Å². The second-order valence-corrected chi connectivity index (χ2v) is 5.29. The molecule has 3 nitrogen and oxygen atoms in total. The molecule has 0 amide bonds. The van der Waals surface area contributed by atoms with Gasteiger partial charge in [0.25, 0.3) is 0 Å². The number of hydrogen-bond donors (Lipinski definition) is 2. The molecule has 1 heterocycles. The Bertz CT molecular complexity index is 363. The predicted octanol–water partition coefficient (Wildman–Crippen LogP) is 2.21. The molecule has 1 aromatic carbocycles. The predicted molar refractivity (Wildman–Crippen MR) is 74.6 cm³/mol. The summed E-state index contributed by atoms with van der Waals surface area (Å²) in [5.74, 6) is 1.06. The molecule has 2 unspecified atom stereocenters. The van der Waals surface area contributed by atoms with Crippen LogP contribution < -0.4 is 5.32 Å². The summed E-state index contributed by atoms with van der Waals surface area (Å²) in [6, 6.07) is 8.21. The highest BCUT2D eigenvalue weighted by molar-refractivity contribution is 5.25. The zero-order valence-corrected chi connectivity index (χ0v) is 11.4. The van der Waals surface area contributed by atoms with Crippen LogP contribution >= 0.6 is 0 Å². The van der Waals surface area contributed by atoms with Gasteiger partial charge in [-0.3, -0.25) is 4.90 Å². The molecule has 2 rings (SSSR count). The minimum Gasteiger partial charge on any atom is -0.508 e. The van der Waals surface area contributed by atoms with Crippen LogP contribution in [-0.4, -0.2) is 35.7 Å². The molecule has 100 valence electrons. The molecular weight excluding hydrogens is 224 g/mol. The SMILES string of the molecule is CCC(C)C1CNCCN1Cc1ccc(O)cc1. The third-order valence-corrected chi connectivity index (χ3v) is 4.02. The Morgan fingerprint density at radius 3 is 2.78 bits per heavy atom. The van der Waals surface area contributed by atoms with Gasteiger partial charge >= 0.3 is 0 Å². The van der Waals surface area contributed by atoms with Gasteiger partial charge in [0.15, 0.2) is 0 Å². The lowest BCUT2D eigenvalue weighted by atomic mass is 9.95. The second kappa shape index (κ2) is 6.21. The molecule has 0 bridgehead atoms. The number of aromatic hydroxyl groups is 1. The highest BCUT2D eigenvalue weighted by atomic mass is 16.3. The lowest BCUT2D eigenvalue weighted by molar-refractivity contribution is 0.109. The van der Waals surface area contributed by atoms with E-state index in [1.165, 1.54) is 12.0 Å². The lowest BCUT2D eigenvalue weighted by Crippen LogP contribution is -2.53. The van der Waals surface area contributed by atoms with Gasteiger partial charge in [0.2, 0.25) is 0 Å². The summed E-state index contributed by atoms with van der Waals surface area (Å²) in [6.07, 6.45) is 1.22. The number of phenols is 1. The van der Waals surface area contributed by atoms with E-state index in [9.17, 15) is 5.11 Å². The van der Waals surface area contributed by atoms with E-state index in [-0.39, 0.29) is 0 Å². The van der Waals surface area contributed by atoms with Crippen LogP contribution in [0.2, 0.25) is 0 Å². The maximum absolute atomic E-state index is 9.32. The van der Waals surface area contributed by atoms with Crippen LogP contribution in [0, 0.1) is 5.92 Å². The highest BCUT2D eigenvalue weighted by Crippen LogP contribution is 2.19. The summed E-state index contributed by atoms with van der Waals surface area (Å²) in [4.78, 5) is 2.57. The van der Waals surface area contributed by atoms with E-state index >= 15 is 0 Å². The van der Waals surface area contributed by atoms with E-state index in [0.29, 0.717) is 11.8 Å². The first-order chi connectivity index (χ1) is 8.70. The molecule has 2 atom stereocenters. The van der Waals surface area contributed by atoms with Crippen molar-refractivity contribution in [2.75, 3.05) is 19.6 Å². The number of hydrogen-bond acceptors (Lipinski definition) is 3. The van der Waals surface area contributed by atoms with E-state index in [0.717, 1.165) is 32.1 Å². The van der Waals surface area contributed by atoms with Crippen LogP contribution in [0.4, 0.5) is 0 Å². The van der Waals surface area contributed by atoms with Gasteiger partial charge in [0.05, 0.1) is 0 Å². The van der Waals surface area contributed by atoms with Crippen LogP contribution in [-0.2, 0) is 6.54 Å². The zero-order valence-electron chi connectivity index (χ0n) is 11.4. The Labute approximate surface area is 110 Å². The maximum Gasteiger partial charge on any atom is 0.115 e. The summed E-state index contributed by atoms with van der Waals surface area (Å²) < 4.78 is 0. The fourth-order valence-electron chi connectivity index (χ4n) is 2.63. The third-order valence-electron chi connectivity index (χ3n) is 4.02. The summed E-state index contributed by atoms with van der Waals surface area (Å²) >= 11 is 0. The highest BCUT2D eigenvalue weighted by Gasteiger charge is 2.25. The van der Waals surface area contributed by atoms with E-state index in [2.05, 4.69) is 24.1 Å². The molecule has 1 aliphatic heterocycles. The molecule has 0 saturated carbocycles. The fraction of sp³-hybridized carbons (Fsp3) is 0.600. The van der Waals surface area contributed by atoms with E-state index in [1.54, 1.807) is 12.1 Å². The van der Waals surface area contributed by atoms with Crippen molar-refractivity contribution in [3.63, 3.8) is 0 Å². The smallest absolute Gasteiger partial charge is 0.115 e. The molecular formula is C15H24N2O. The average molecular weight is 248 g/mol. The van der Waals surface area contributed by atoms with Crippen LogP contribution in [0.3, 0.4) is 0 Å². The first-order valence-corrected chi connectivity index (χ1v) is 6.93. The van der Waals surface area contributed by atoms with Gasteiger partial charge in [-0.25, -0.2) is 0 Å². The number of rotatable bonds is 4. The summed E-state index contributed by atoms with van der Waals surface area (Å²) in [5, 5.41) is 12.8. The summed E-state index contributed by atoms with van der Waals surface area (Å²) in [6.45, 7) is 8.85. The third kappa shape index (κ3) is 3.24. The monoisotopic (exact) mass is 248 g/mol. The molecule has 2 N–H and O–H groups in total. The Morgan fingerprint density at radius 2 is 2.11 bits per heavy atom. The van der Waals surface area contributed by atoms with Crippen molar-refractivity contribution < 1.29 is 5.11 Å². The second-order valence-electron chi connectivity index (χ2n) is 5.29. The van der Waals surface area contributed by atoms with Crippen molar-refractivity contribution in [2.24, 2.45) is 5.92 Å². The van der Waals surface area contributed by atoms with Crippen molar-refractivity contribution in [2.45, 2.75) is 32.9 Å². The van der Waals surface area contributed by atoms with Crippen LogP contribution in [0.1, 0.15) is 25.8 Å². The quantitative estimate of drug-likeness (QED) is 0.857. The fourth-order valence-corrected chi connectivity index (χ4v) is 2.63. The van der Waals surface area contributed by atoms with Crippen molar-refractivity contribution in [1.82, 2.24) is 10.2 Å². The van der Waals surface area contributed by atoms with Gasteiger partial charge in [0.1, 0.15) is 5.75 Å². The van der Waals surface area contributed by atoms with Crippen LogP contribution in [0.25, 0.3) is 0 Å². The molecule has 18 heavy (non-hydrogen) atoms. The number of nitrogens with one attached hydrogen (secondary N) is 1. The van der Waals surface area contributed by atoms with Gasteiger partial charge in [-0.05, 0) is 23.6 Å². The summed E-state index contributed by atoms with van der Waals surface area (Å²) in [7, 11) is 0. The zero-order chi connectivity index (χ0) is 13.0. The van der Waals surface area contributed by atoms with Gasteiger partial charge in [0, 0.05) is 32.2 Å². The molecule has 0 aliphatic carbocycles. The Hall–Kier alpha value is -1.06. The van der Waals surface area contributed by atoms with Gasteiger partial charge < -0.3 is 10.4 Å². The minimum atomic E-state index is 0.345. The van der Waals surface area contributed by atoms with Crippen molar-refractivity contribution in [1.29, 1.82) is 0 Å². The molecule has 0 spiro atoms. The minimum absolute atomic E-state index is 0.345. The topological polar surface area (TPSA) is 35.5 Å². The largest absolute Gasteiger partial charge is 0.508 e. The van der Waals surface area contributed by atoms with E-state index in [1.807, 2.05) is 12.1 Å². The van der Waals surface area contributed by atoms with E-state index in [4.69, 9.17) is 0 Å².